The predicted molar refractivity (Wildman–Crippen MR) is 82.5 cm³/mol. The summed E-state index contributed by atoms with van der Waals surface area (Å²) >= 11 is 0. The second-order valence-corrected chi connectivity index (χ2v) is 5.79. The molecule has 23 heavy (non-hydrogen) atoms. The van der Waals surface area contributed by atoms with Crippen molar-refractivity contribution in [2.45, 2.75) is 32.1 Å². The van der Waals surface area contributed by atoms with E-state index < -0.39 is 0 Å². The molecule has 0 bridgehead atoms. The van der Waals surface area contributed by atoms with Gasteiger partial charge in [0.25, 0.3) is 5.91 Å². The highest BCUT2D eigenvalue weighted by Gasteiger charge is 2.17. The molecule has 0 radical (unpaired) electrons. The van der Waals surface area contributed by atoms with Gasteiger partial charge in [-0.05, 0) is 24.5 Å². The summed E-state index contributed by atoms with van der Waals surface area (Å²) in [6.07, 6.45) is 4.27. The molecule has 2 aliphatic rings. The van der Waals surface area contributed by atoms with Gasteiger partial charge in [0.15, 0.2) is 6.29 Å². The fraction of sp³-hybridized carbons (Fsp3) is 0.625. The molecule has 0 aliphatic carbocycles. The summed E-state index contributed by atoms with van der Waals surface area (Å²) < 4.78 is 10.7. The van der Waals surface area contributed by atoms with Crippen LogP contribution in [0.2, 0.25) is 0 Å². The lowest BCUT2D eigenvalue weighted by molar-refractivity contribution is -0.186. The lowest BCUT2D eigenvalue weighted by Gasteiger charge is -2.26. The van der Waals surface area contributed by atoms with Gasteiger partial charge in [0.2, 0.25) is 0 Å². The Hall–Kier alpha value is -1.54. The number of carbonyl (C=O) groups excluding carboxylic acids is 1. The Morgan fingerprint density at radius 1 is 1.30 bits per heavy atom. The highest BCUT2D eigenvalue weighted by atomic mass is 16.8. The van der Waals surface area contributed by atoms with Gasteiger partial charge in [-0.15, -0.1) is 0 Å². The zero-order valence-corrected chi connectivity index (χ0v) is 13.2. The number of pyridine rings is 1. The fourth-order valence-corrected chi connectivity index (χ4v) is 2.65. The number of hydroxylamine groups is 1. The third kappa shape index (κ3) is 4.97. The molecule has 0 spiro atoms. The predicted octanol–water partition coefficient (Wildman–Crippen LogP) is 1.10. The zero-order valence-electron chi connectivity index (χ0n) is 13.2. The number of amides is 1. The Morgan fingerprint density at radius 3 is 2.87 bits per heavy atom. The van der Waals surface area contributed by atoms with Crippen LogP contribution < -0.4 is 5.48 Å². The molecule has 2 saturated heterocycles. The number of nitrogens with zero attached hydrogens (tertiary/aromatic N) is 2. The van der Waals surface area contributed by atoms with Crippen LogP contribution in [0.15, 0.2) is 18.3 Å². The molecule has 0 saturated carbocycles. The van der Waals surface area contributed by atoms with Crippen molar-refractivity contribution in [3.63, 3.8) is 0 Å². The van der Waals surface area contributed by atoms with Gasteiger partial charge >= 0.3 is 0 Å². The molecule has 1 atom stereocenters. The number of hydrogen-bond acceptors (Lipinski definition) is 6. The summed E-state index contributed by atoms with van der Waals surface area (Å²) in [7, 11) is 0. The number of hydrogen-bond donors (Lipinski definition) is 1. The normalized spacial score (nSPS) is 22.7. The number of aromatic nitrogens is 1. The van der Waals surface area contributed by atoms with Gasteiger partial charge in [-0.1, -0.05) is 6.07 Å². The standard InChI is InChI=1S/C16H23N3O4/c20-16(18-23-15-3-1-2-8-22-15)14-5-4-13(11-17-14)12-19-6-9-21-10-7-19/h4-5,11,15H,1-3,6-10,12H2,(H,18,20)/t15-/m1/s1. The van der Waals surface area contributed by atoms with Gasteiger partial charge in [0.1, 0.15) is 5.69 Å². The topological polar surface area (TPSA) is 72.9 Å². The highest BCUT2D eigenvalue weighted by molar-refractivity contribution is 5.91. The van der Waals surface area contributed by atoms with Crippen LogP contribution >= 0.6 is 0 Å². The van der Waals surface area contributed by atoms with Gasteiger partial charge in [-0.2, -0.15) is 0 Å². The van der Waals surface area contributed by atoms with E-state index in [1.807, 2.05) is 6.07 Å². The maximum Gasteiger partial charge on any atom is 0.293 e. The van der Waals surface area contributed by atoms with E-state index in [0.29, 0.717) is 12.3 Å². The highest BCUT2D eigenvalue weighted by Crippen LogP contribution is 2.13. The Morgan fingerprint density at radius 2 is 2.17 bits per heavy atom. The SMILES string of the molecule is O=C(NO[C@@H]1CCCCO1)c1ccc(CN2CCOCC2)cn1. The number of rotatable bonds is 5. The molecule has 0 aromatic carbocycles. The van der Waals surface area contributed by atoms with Crippen LogP contribution in [-0.2, 0) is 20.9 Å². The second-order valence-electron chi connectivity index (χ2n) is 5.79. The summed E-state index contributed by atoms with van der Waals surface area (Å²) in [6.45, 7) is 4.90. The third-order valence-corrected chi connectivity index (χ3v) is 3.99. The molecule has 7 nitrogen and oxygen atoms in total. The number of ether oxygens (including phenoxy) is 2. The molecule has 0 unspecified atom stereocenters. The fourth-order valence-electron chi connectivity index (χ4n) is 2.65. The second kappa shape index (κ2) is 8.35. The van der Waals surface area contributed by atoms with Crippen molar-refractivity contribution < 1.29 is 19.1 Å². The first-order chi connectivity index (χ1) is 11.3. The van der Waals surface area contributed by atoms with E-state index in [-0.39, 0.29) is 12.2 Å². The summed E-state index contributed by atoms with van der Waals surface area (Å²) in [5.41, 5.74) is 3.84. The van der Waals surface area contributed by atoms with Crippen LogP contribution in [0.25, 0.3) is 0 Å². The quantitative estimate of drug-likeness (QED) is 0.819. The van der Waals surface area contributed by atoms with Crippen molar-refractivity contribution >= 4 is 5.91 Å². The van der Waals surface area contributed by atoms with Crippen molar-refractivity contribution in [2.24, 2.45) is 0 Å². The molecule has 1 amide bonds. The third-order valence-electron chi connectivity index (χ3n) is 3.99. The maximum absolute atomic E-state index is 12.0. The Labute approximate surface area is 135 Å². The van der Waals surface area contributed by atoms with Crippen LogP contribution in [-0.4, -0.2) is 55.0 Å². The van der Waals surface area contributed by atoms with Crippen molar-refractivity contribution in [1.29, 1.82) is 0 Å². The van der Waals surface area contributed by atoms with Crippen LogP contribution in [0, 0.1) is 0 Å². The lowest BCUT2D eigenvalue weighted by atomic mass is 10.2. The molecule has 3 heterocycles. The molecule has 1 aromatic heterocycles. The van der Waals surface area contributed by atoms with Crippen molar-refractivity contribution in [1.82, 2.24) is 15.4 Å². The zero-order chi connectivity index (χ0) is 15.9. The van der Waals surface area contributed by atoms with Crippen molar-refractivity contribution in [2.75, 3.05) is 32.9 Å². The van der Waals surface area contributed by atoms with E-state index in [2.05, 4.69) is 15.4 Å². The van der Waals surface area contributed by atoms with Gasteiger partial charge in [0, 0.05) is 38.9 Å². The molecular weight excluding hydrogens is 298 g/mol. The number of carbonyl (C=O) groups is 1. The Kier molecular flexibility index (Phi) is 5.93. The van der Waals surface area contributed by atoms with Gasteiger partial charge < -0.3 is 9.47 Å². The minimum Gasteiger partial charge on any atom is -0.379 e. The van der Waals surface area contributed by atoms with E-state index in [4.69, 9.17) is 14.3 Å². The molecule has 126 valence electrons. The molecule has 7 heteroatoms. The smallest absolute Gasteiger partial charge is 0.293 e. The average molecular weight is 321 g/mol. The maximum atomic E-state index is 12.0. The van der Waals surface area contributed by atoms with Crippen LogP contribution in [0.4, 0.5) is 0 Å². The molecule has 1 aromatic rings. The minimum atomic E-state index is -0.353. The van der Waals surface area contributed by atoms with Crippen molar-refractivity contribution in [3.05, 3.63) is 29.6 Å². The van der Waals surface area contributed by atoms with Crippen molar-refractivity contribution in [3.8, 4) is 0 Å². The summed E-state index contributed by atoms with van der Waals surface area (Å²) in [6, 6.07) is 3.64. The van der Waals surface area contributed by atoms with E-state index >= 15 is 0 Å². The van der Waals surface area contributed by atoms with Gasteiger partial charge in [-0.25, -0.2) is 10.3 Å². The summed E-state index contributed by atoms with van der Waals surface area (Å²) in [5, 5.41) is 0. The largest absolute Gasteiger partial charge is 0.379 e. The van der Waals surface area contributed by atoms with Crippen LogP contribution in [0.5, 0.6) is 0 Å². The van der Waals surface area contributed by atoms with E-state index in [1.165, 1.54) is 0 Å². The minimum absolute atomic E-state index is 0.339. The summed E-state index contributed by atoms with van der Waals surface area (Å²) in [5.74, 6) is -0.350. The van der Waals surface area contributed by atoms with E-state index in [1.54, 1.807) is 12.3 Å². The van der Waals surface area contributed by atoms with Crippen LogP contribution in [0.1, 0.15) is 35.3 Å². The van der Waals surface area contributed by atoms with Gasteiger partial charge in [0.05, 0.1) is 13.2 Å². The monoisotopic (exact) mass is 321 g/mol. The molecule has 3 rings (SSSR count). The first-order valence-corrected chi connectivity index (χ1v) is 8.14. The molecule has 2 aliphatic heterocycles. The Bertz CT molecular complexity index is 497. The van der Waals surface area contributed by atoms with E-state index in [9.17, 15) is 4.79 Å². The van der Waals surface area contributed by atoms with E-state index in [0.717, 1.165) is 57.7 Å². The van der Waals surface area contributed by atoms with Gasteiger partial charge in [-0.3, -0.25) is 14.7 Å². The summed E-state index contributed by atoms with van der Waals surface area (Å²) in [4.78, 5) is 23.8. The lowest BCUT2D eigenvalue weighted by Crippen LogP contribution is -2.35. The Balaban J connectivity index is 1.46. The number of morpholine rings is 1. The molecule has 1 N–H and O–H groups in total. The first kappa shape index (κ1) is 16.3. The first-order valence-electron chi connectivity index (χ1n) is 8.14. The average Bonchev–Trinajstić information content (AvgIpc) is 2.62. The molecular formula is C16H23N3O4. The van der Waals surface area contributed by atoms with Crippen LogP contribution in [0.3, 0.4) is 0 Å². The number of nitrogens with one attached hydrogen (secondary N) is 1. The molecule has 2 fully saturated rings.